The third-order valence-electron chi connectivity index (χ3n) is 9.55. The Kier molecular flexibility index (Phi) is 10.9. The lowest BCUT2D eigenvalue weighted by Gasteiger charge is -2.36. The van der Waals surface area contributed by atoms with Crippen molar-refractivity contribution < 1.29 is 63.0 Å². The molecule has 6 rings (SSSR count). The van der Waals surface area contributed by atoms with Gasteiger partial charge in [0.25, 0.3) is 5.91 Å². The predicted octanol–water partition coefficient (Wildman–Crippen LogP) is 3.29. The maximum absolute atomic E-state index is 13.5. The predicted molar refractivity (Wildman–Crippen MR) is 185 cm³/mol. The summed E-state index contributed by atoms with van der Waals surface area (Å²) in [6, 6.07) is 13.8. The van der Waals surface area contributed by atoms with Crippen LogP contribution in [0, 0.1) is 0 Å². The van der Waals surface area contributed by atoms with Crippen LogP contribution in [-0.4, -0.2) is 149 Å². The number of alkyl halides is 1. The number of carbonyl (C=O) groups excluding carboxylic acids is 2. The van der Waals surface area contributed by atoms with Crippen LogP contribution in [0.4, 0.5) is 18.8 Å². The SMILES string of the molecule is O=C(NCCN1CCN(C(=O)O)CCN(C(=O)O)CCN(C(=O)O)CC1)c1ccc2c(c1)C(=O)OC21c2ccc(O)cc2Oc2cc(OCCF)ccc21. The number of nitrogens with zero attached hydrogens (tertiary/aromatic N) is 4. The Labute approximate surface area is 307 Å². The number of halogens is 1. The van der Waals surface area contributed by atoms with E-state index in [2.05, 4.69) is 5.32 Å². The van der Waals surface area contributed by atoms with Gasteiger partial charge in [0.2, 0.25) is 0 Å². The second-order valence-electron chi connectivity index (χ2n) is 12.7. The van der Waals surface area contributed by atoms with Crippen molar-refractivity contribution in [1.82, 2.24) is 24.9 Å². The van der Waals surface area contributed by atoms with E-state index in [4.69, 9.17) is 14.2 Å². The highest BCUT2D eigenvalue weighted by atomic mass is 19.1. The number of aromatic hydroxyl groups is 1. The van der Waals surface area contributed by atoms with E-state index in [1.54, 1.807) is 29.2 Å². The number of amides is 4. The van der Waals surface area contributed by atoms with Gasteiger partial charge in [-0.3, -0.25) is 9.69 Å². The fourth-order valence-corrected chi connectivity index (χ4v) is 6.77. The molecule has 3 aromatic carbocycles. The van der Waals surface area contributed by atoms with Crippen molar-refractivity contribution in [2.75, 3.05) is 78.7 Å². The van der Waals surface area contributed by atoms with Gasteiger partial charge in [-0.2, -0.15) is 0 Å². The maximum atomic E-state index is 13.5. The number of carboxylic acid groups (broad SMARTS) is 3. The van der Waals surface area contributed by atoms with Gasteiger partial charge >= 0.3 is 24.2 Å². The van der Waals surface area contributed by atoms with E-state index in [0.29, 0.717) is 22.4 Å². The quantitative estimate of drug-likeness (QED) is 0.219. The van der Waals surface area contributed by atoms with E-state index in [0.717, 1.165) is 14.7 Å². The molecule has 0 bridgehead atoms. The van der Waals surface area contributed by atoms with Crippen LogP contribution in [-0.2, 0) is 10.3 Å². The largest absolute Gasteiger partial charge is 0.508 e. The van der Waals surface area contributed by atoms with Crippen LogP contribution >= 0.6 is 0 Å². The summed E-state index contributed by atoms with van der Waals surface area (Å²) >= 11 is 0. The maximum Gasteiger partial charge on any atom is 0.407 e. The van der Waals surface area contributed by atoms with Gasteiger partial charge < -0.3 is 54.7 Å². The lowest BCUT2D eigenvalue weighted by atomic mass is 9.77. The molecule has 17 nitrogen and oxygen atoms in total. The van der Waals surface area contributed by atoms with Gasteiger partial charge in [0.15, 0.2) is 5.60 Å². The molecule has 18 heteroatoms. The van der Waals surface area contributed by atoms with Crippen molar-refractivity contribution in [3.8, 4) is 23.0 Å². The number of hydrogen-bond donors (Lipinski definition) is 5. The molecule has 1 unspecified atom stereocenters. The molecule has 286 valence electrons. The number of esters is 1. The fraction of sp³-hybridized carbons (Fsp3) is 0.361. The molecule has 5 N–H and O–H groups in total. The molecule has 1 atom stereocenters. The van der Waals surface area contributed by atoms with E-state index in [1.807, 2.05) is 0 Å². The first-order chi connectivity index (χ1) is 25.9. The van der Waals surface area contributed by atoms with Crippen LogP contribution in [0.2, 0.25) is 0 Å². The summed E-state index contributed by atoms with van der Waals surface area (Å²) in [5.74, 6) is -0.516. The second kappa shape index (κ2) is 15.7. The molecule has 1 saturated heterocycles. The summed E-state index contributed by atoms with van der Waals surface area (Å²) in [7, 11) is 0. The Morgan fingerprint density at radius 3 is 1.91 bits per heavy atom. The lowest BCUT2D eigenvalue weighted by Crippen LogP contribution is -2.49. The van der Waals surface area contributed by atoms with E-state index in [9.17, 15) is 48.8 Å². The smallest absolute Gasteiger partial charge is 0.407 e. The van der Waals surface area contributed by atoms with Gasteiger partial charge in [0, 0.05) is 99.8 Å². The minimum atomic E-state index is -1.50. The molecule has 1 fully saturated rings. The zero-order chi connectivity index (χ0) is 38.6. The fourth-order valence-electron chi connectivity index (χ4n) is 6.77. The number of benzene rings is 3. The van der Waals surface area contributed by atoms with Crippen LogP contribution in [0.1, 0.15) is 37.4 Å². The van der Waals surface area contributed by atoms with Gasteiger partial charge in [0.05, 0.1) is 5.56 Å². The molecule has 0 aromatic heterocycles. The van der Waals surface area contributed by atoms with Crippen molar-refractivity contribution in [2.45, 2.75) is 5.60 Å². The first kappa shape index (κ1) is 37.5. The molecule has 54 heavy (non-hydrogen) atoms. The summed E-state index contributed by atoms with van der Waals surface area (Å²) in [5.41, 5.74) is 0.0846. The molecule has 0 aliphatic carbocycles. The summed E-state index contributed by atoms with van der Waals surface area (Å²) in [5, 5.41) is 41.9. The van der Waals surface area contributed by atoms with E-state index < -0.39 is 42.4 Å². The molecule has 0 radical (unpaired) electrons. The van der Waals surface area contributed by atoms with Crippen molar-refractivity contribution >= 4 is 30.2 Å². The minimum absolute atomic E-state index is 0.0152. The van der Waals surface area contributed by atoms with Crippen molar-refractivity contribution in [2.24, 2.45) is 0 Å². The average Bonchev–Trinajstić information content (AvgIpc) is 3.42. The average molecular weight is 752 g/mol. The Balaban J connectivity index is 1.19. The van der Waals surface area contributed by atoms with E-state index in [1.165, 1.54) is 30.3 Å². The summed E-state index contributed by atoms with van der Waals surface area (Å²) in [6.07, 6.45) is -3.74. The number of phenolic OH excluding ortho intramolecular Hbond substituents is 1. The van der Waals surface area contributed by atoms with Gasteiger partial charge in [-0.05, 0) is 36.4 Å². The third-order valence-corrected chi connectivity index (χ3v) is 9.55. The normalized spacial score (nSPS) is 18.6. The molecular formula is C36H38FN5O12. The number of rotatable bonds is 7. The Bertz CT molecular complexity index is 1930. The van der Waals surface area contributed by atoms with Crippen LogP contribution < -0.4 is 14.8 Å². The standard InChI is InChI=1S/C36H38FN5O12/c37-7-18-52-24-3-6-28-30(21-24)53-29-20-23(43)2-5-27(29)36(28)26-4-1-22(19-25(26)32(45)54-36)31(44)38-8-9-39-10-12-40(33(46)47)14-16-42(35(50)51)17-15-41(13-11-39)34(48)49/h1-6,19-21,43H,7-18H2,(H,38,44)(H,46,47)(H,48,49)(H,50,51). The number of carbonyl (C=O) groups is 5. The monoisotopic (exact) mass is 751 g/mol. The molecule has 0 saturated carbocycles. The Morgan fingerprint density at radius 1 is 0.759 bits per heavy atom. The molecule has 3 aliphatic rings. The summed E-state index contributed by atoms with van der Waals surface area (Å²) < 4.78 is 30.4. The van der Waals surface area contributed by atoms with Crippen molar-refractivity contribution in [3.63, 3.8) is 0 Å². The number of fused-ring (bicyclic) bond motifs is 6. The van der Waals surface area contributed by atoms with Crippen LogP contribution in [0.15, 0.2) is 54.6 Å². The minimum Gasteiger partial charge on any atom is -0.508 e. The third kappa shape index (κ3) is 7.59. The Hall–Kier alpha value is -6.30. The molecule has 4 amide bonds. The second-order valence-corrected chi connectivity index (χ2v) is 12.7. The Morgan fingerprint density at radius 2 is 1.31 bits per heavy atom. The van der Waals surface area contributed by atoms with Gasteiger partial charge in [0.1, 0.15) is 36.3 Å². The van der Waals surface area contributed by atoms with Crippen molar-refractivity contribution in [1.29, 1.82) is 0 Å². The topological polar surface area (TPSA) is 219 Å². The molecular weight excluding hydrogens is 713 g/mol. The van der Waals surface area contributed by atoms with Gasteiger partial charge in [-0.25, -0.2) is 23.6 Å². The molecule has 3 aromatic rings. The van der Waals surface area contributed by atoms with Crippen LogP contribution in [0.25, 0.3) is 0 Å². The lowest BCUT2D eigenvalue weighted by molar-refractivity contribution is 0.0223. The highest BCUT2D eigenvalue weighted by molar-refractivity contribution is 6.01. The number of ether oxygens (including phenoxy) is 3. The number of hydrogen-bond acceptors (Lipinski definition) is 10. The van der Waals surface area contributed by atoms with Gasteiger partial charge in [-0.1, -0.05) is 6.07 Å². The van der Waals surface area contributed by atoms with E-state index >= 15 is 0 Å². The molecule has 1 spiro atoms. The van der Waals surface area contributed by atoms with Crippen LogP contribution in [0.3, 0.4) is 0 Å². The molecule has 3 heterocycles. The summed E-state index contributed by atoms with van der Waals surface area (Å²) in [6.45, 7) is -0.644. The number of nitrogens with one attached hydrogen (secondary N) is 1. The first-order valence-electron chi connectivity index (χ1n) is 17.1. The van der Waals surface area contributed by atoms with Gasteiger partial charge in [-0.15, -0.1) is 0 Å². The highest BCUT2D eigenvalue weighted by Crippen LogP contribution is 2.57. The number of phenols is 1. The highest BCUT2D eigenvalue weighted by Gasteiger charge is 2.53. The summed E-state index contributed by atoms with van der Waals surface area (Å²) in [4.78, 5) is 67.3. The zero-order valence-electron chi connectivity index (χ0n) is 28.9. The van der Waals surface area contributed by atoms with Crippen molar-refractivity contribution in [3.05, 3.63) is 82.4 Å². The molecule has 3 aliphatic heterocycles. The first-order valence-corrected chi connectivity index (χ1v) is 17.1. The zero-order valence-corrected chi connectivity index (χ0v) is 28.9. The van der Waals surface area contributed by atoms with E-state index in [-0.39, 0.29) is 100 Å². The van der Waals surface area contributed by atoms with Crippen LogP contribution in [0.5, 0.6) is 23.0 Å².